The van der Waals surface area contributed by atoms with Gasteiger partial charge in [-0.2, -0.15) is 8.42 Å². The van der Waals surface area contributed by atoms with E-state index in [4.69, 9.17) is 4.18 Å². The number of unbranched alkanes of at least 4 members (excludes halogenated alkanes) is 8. The van der Waals surface area contributed by atoms with Gasteiger partial charge in [0.2, 0.25) is 0 Å². The van der Waals surface area contributed by atoms with Crippen molar-refractivity contribution in [1.29, 1.82) is 0 Å². The molecule has 1 unspecified atom stereocenters. The van der Waals surface area contributed by atoms with Crippen molar-refractivity contribution in [1.82, 2.24) is 0 Å². The molecule has 0 heterocycles. The number of aromatic hydroxyl groups is 1. The zero-order chi connectivity index (χ0) is 20.1. The van der Waals surface area contributed by atoms with E-state index in [0.29, 0.717) is 18.4 Å². The van der Waals surface area contributed by atoms with E-state index in [1.165, 1.54) is 57.1 Å². The van der Waals surface area contributed by atoms with Crippen molar-refractivity contribution in [2.75, 3.05) is 0 Å². The molecule has 0 saturated heterocycles. The third kappa shape index (κ3) is 9.50. The van der Waals surface area contributed by atoms with Gasteiger partial charge in [-0.25, -0.2) is 0 Å². The summed E-state index contributed by atoms with van der Waals surface area (Å²) in [4.78, 5) is 0. The molecule has 0 fully saturated rings. The second-order valence-corrected chi connectivity index (χ2v) is 9.37. The van der Waals surface area contributed by atoms with Gasteiger partial charge in [-0.15, -0.1) is 0 Å². The van der Waals surface area contributed by atoms with Crippen LogP contribution in [0, 0.1) is 6.92 Å². The Morgan fingerprint density at radius 1 is 0.889 bits per heavy atom. The minimum Gasteiger partial charge on any atom is -0.508 e. The summed E-state index contributed by atoms with van der Waals surface area (Å²) in [5.41, 5.74) is 0.605. The number of benzene rings is 1. The van der Waals surface area contributed by atoms with Crippen LogP contribution in [-0.4, -0.2) is 18.8 Å². The summed E-state index contributed by atoms with van der Waals surface area (Å²) in [5.74, 6) is 0.415. The summed E-state index contributed by atoms with van der Waals surface area (Å²) < 4.78 is 30.7. The van der Waals surface area contributed by atoms with Gasteiger partial charge in [-0.05, 0) is 43.5 Å². The van der Waals surface area contributed by atoms with Crippen LogP contribution in [0.5, 0.6) is 11.5 Å². The minimum atomic E-state index is -3.66. The minimum absolute atomic E-state index is 0.138. The molecule has 0 spiro atoms. The molecule has 0 saturated carbocycles. The Balaban J connectivity index is 2.42. The Kier molecular flexibility index (Phi) is 11.5. The smallest absolute Gasteiger partial charge is 0.312 e. The molecule has 0 aliphatic heterocycles. The third-order valence-corrected chi connectivity index (χ3v) is 6.74. The molecule has 1 N–H and O–H groups in total. The second kappa shape index (κ2) is 13.0. The van der Waals surface area contributed by atoms with Gasteiger partial charge in [0, 0.05) is 0 Å². The molecule has 4 nitrogen and oxygen atoms in total. The van der Waals surface area contributed by atoms with Crippen molar-refractivity contribution in [3.63, 3.8) is 0 Å². The molecule has 5 heteroatoms. The first-order valence-corrected chi connectivity index (χ1v) is 12.1. The molecule has 1 rings (SSSR count). The second-order valence-electron chi connectivity index (χ2n) is 7.55. The highest BCUT2D eigenvalue weighted by Crippen LogP contribution is 2.26. The summed E-state index contributed by atoms with van der Waals surface area (Å²) in [6.45, 7) is 5.96. The van der Waals surface area contributed by atoms with Crippen LogP contribution in [0.2, 0.25) is 0 Å². The topological polar surface area (TPSA) is 63.6 Å². The van der Waals surface area contributed by atoms with Gasteiger partial charge in [0.05, 0.1) is 5.25 Å². The molecule has 0 amide bonds. The summed E-state index contributed by atoms with van der Waals surface area (Å²) in [6, 6.07) is 4.53. The summed E-state index contributed by atoms with van der Waals surface area (Å²) in [7, 11) is -3.66. The maximum absolute atomic E-state index is 12.7. The predicted molar refractivity (Wildman–Crippen MR) is 113 cm³/mol. The van der Waals surface area contributed by atoms with E-state index < -0.39 is 15.4 Å². The van der Waals surface area contributed by atoms with Gasteiger partial charge in [-0.3, -0.25) is 0 Å². The van der Waals surface area contributed by atoms with Gasteiger partial charge >= 0.3 is 10.1 Å². The van der Waals surface area contributed by atoms with Gasteiger partial charge in [0.25, 0.3) is 0 Å². The SMILES string of the molecule is CCCCCCCCCCCC(CCC)S(=O)(=O)Oc1ccc(O)c(C)c1. The molecule has 156 valence electrons. The highest BCUT2D eigenvalue weighted by atomic mass is 32.2. The first-order valence-electron chi connectivity index (χ1n) is 10.6. The molecule has 1 aromatic carbocycles. The Labute approximate surface area is 166 Å². The molecule has 0 bridgehead atoms. The van der Waals surface area contributed by atoms with Crippen LogP contribution in [0.3, 0.4) is 0 Å². The number of aryl methyl sites for hydroxylation is 1. The lowest BCUT2D eigenvalue weighted by molar-refractivity contribution is 0.447. The van der Waals surface area contributed by atoms with E-state index in [1.807, 2.05) is 6.92 Å². The first-order chi connectivity index (χ1) is 12.9. The monoisotopic (exact) mass is 398 g/mol. The van der Waals surface area contributed by atoms with E-state index in [1.54, 1.807) is 13.0 Å². The standard InChI is InChI=1S/C22H38O4S/c1-4-6-7-8-9-10-11-12-13-15-21(14-5-2)27(24,25)26-20-16-17-22(23)19(3)18-20/h16-18,21,23H,4-15H2,1-3H3. The van der Waals surface area contributed by atoms with Crippen molar-refractivity contribution in [3.8, 4) is 11.5 Å². The molecule has 1 atom stereocenters. The average molecular weight is 399 g/mol. The number of phenols is 1. The highest BCUT2D eigenvalue weighted by Gasteiger charge is 2.26. The predicted octanol–water partition coefficient (Wildman–Crippen LogP) is 6.50. The fourth-order valence-electron chi connectivity index (χ4n) is 3.32. The van der Waals surface area contributed by atoms with Crippen molar-refractivity contribution in [2.24, 2.45) is 0 Å². The molecular weight excluding hydrogens is 360 g/mol. The highest BCUT2D eigenvalue weighted by molar-refractivity contribution is 7.87. The van der Waals surface area contributed by atoms with Crippen molar-refractivity contribution < 1.29 is 17.7 Å². The molecule has 0 aliphatic rings. The average Bonchev–Trinajstić information content (AvgIpc) is 2.62. The summed E-state index contributed by atoms with van der Waals surface area (Å²) in [6.07, 6.45) is 13.1. The van der Waals surface area contributed by atoms with Crippen LogP contribution in [0.25, 0.3) is 0 Å². The van der Waals surface area contributed by atoms with Gasteiger partial charge < -0.3 is 9.29 Å². The van der Waals surface area contributed by atoms with Crippen molar-refractivity contribution in [3.05, 3.63) is 23.8 Å². The Bertz CT molecular complexity index is 625. The molecule has 0 radical (unpaired) electrons. The van der Waals surface area contributed by atoms with E-state index in [9.17, 15) is 13.5 Å². The van der Waals surface area contributed by atoms with Crippen LogP contribution in [0.15, 0.2) is 18.2 Å². The van der Waals surface area contributed by atoms with E-state index >= 15 is 0 Å². The number of hydrogen-bond acceptors (Lipinski definition) is 4. The Morgan fingerprint density at radius 2 is 1.48 bits per heavy atom. The normalized spacial score (nSPS) is 12.9. The quantitative estimate of drug-likeness (QED) is 0.270. The van der Waals surface area contributed by atoms with Crippen molar-refractivity contribution in [2.45, 2.75) is 103 Å². The van der Waals surface area contributed by atoms with Gasteiger partial charge in [0.1, 0.15) is 11.5 Å². The largest absolute Gasteiger partial charge is 0.508 e. The van der Waals surface area contributed by atoms with E-state index in [0.717, 1.165) is 19.3 Å². The Morgan fingerprint density at radius 3 is 2.04 bits per heavy atom. The van der Waals surface area contributed by atoms with Crippen LogP contribution >= 0.6 is 0 Å². The molecule has 0 aliphatic carbocycles. The van der Waals surface area contributed by atoms with Crippen LogP contribution < -0.4 is 4.18 Å². The maximum Gasteiger partial charge on any atom is 0.312 e. The lowest BCUT2D eigenvalue weighted by Crippen LogP contribution is -2.26. The maximum atomic E-state index is 12.7. The summed E-state index contributed by atoms with van der Waals surface area (Å²) in [5, 5.41) is 9.12. The fraction of sp³-hybridized carbons (Fsp3) is 0.727. The molecule has 0 aromatic heterocycles. The molecule has 1 aromatic rings. The number of hydrogen-bond donors (Lipinski definition) is 1. The van der Waals surface area contributed by atoms with Gasteiger partial charge in [0.15, 0.2) is 0 Å². The molecule has 27 heavy (non-hydrogen) atoms. The fourth-order valence-corrected chi connectivity index (χ4v) is 4.81. The molecular formula is C22H38O4S. The third-order valence-electron chi connectivity index (χ3n) is 5.03. The zero-order valence-electron chi connectivity index (χ0n) is 17.4. The van der Waals surface area contributed by atoms with Crippen LogP contribution in [-0.2, 0) is 10.1 Å². The zero-order valence-corrected chi connectivity index (χ0v) is 18.2. The summed E-state index contributed by atoms with van der Waals surface area (Å²) >= 11 is 0. The van der Waals surface area contributed by atoms with Crippen molar-refractivity contribution >= 4 is 10.1 Å². The van der Waals surface area contributed by atoms with Crippen LogP contribution in [0.1, 0.15) is 96.5 Å². The van der Waals surface area contributed by atoms with E-state index in [2.05, 4.69) is 6.92 Å². The van der Waals surface area contributed by atoms with Gasteiger partial charge in [-0.1, -0.05) is 78.1 Å². The number of rotatable bonds is 15. The number of phenolic OH excluding ortho intramolecular Hbond substituents is 1. The van der Waals surface area contributed by atoms with E-state index in [-0.39, 0.29) is 11.5 Å². The van der Waals surface area contributed by atoms with Crippen LogP contribution in [0.4, 0.5) is 0 Å². The lowest BCUT2D eigenvalue weighted by Gasteiger charge is -2.17. The Hall–Kier alpha value is -1.23. The lowest BCUT2D eigenvalue weighted by atomic mass is 10.0. The first kappa shape index (κ1) is 23.8.